The maximum absolute atomic E-state index is 11.6. The molecule has 0 aliphatic carbocycles. The van der Waals surface area contributed by atoms with Crippen molar-refractivity contribution in [2.45, 2.75) is 0 Å². The molecule has 0 saturated heterocycles. The fourth-order valence-corrected chi connectivity index (χ4v) is 1.48. The van der Waals surface area contributed by atoms with E-state index >= 15 is 0 Å². The summed E-state index contributed by atoms with van der Waals surface area (Å²) >= 11 is 0. The number of amides is 1. The van der Waals surface area contributed by atoms with Crippen molar-refractivity contribution in [3.05, 3.63) is 64.0 Å². The first-order valence-corrected chi connectivity index (χ1v) is 5.77. The van der Waals surface area contributed by atoms with E-state index in [1.165, 1.54) is 24.7 Å². The summed E-state index contributed by atoms with van der Waals surface area (Å²) in [5, 5.41) is 25.5. The minimum Gasteiger partial charge on any atom is -0.868 e. The van der Waals surface area contributed by atoms with E-state index in [1.807, 2.05) is 0 Å². The first-order chi connectivity index (χ1) is 10.1. The number of benzene rings is 1. The van der Waals surface area contributed by atoms with E-state index in [-0.39, 0.29) is 0 Å². The zero-order valence-corrected chi connectivity index (χ0v) is 10.6. The van der Waals surface area contributed by atoms with Gasteiger partial charge in [0.15, 0.2) is 0 Å². The van der Waals surface area contributed by atoms with Gasteiger partial charge in [0.05, 0.1) is 16.7 Å². The van der Waals surface area contributed by atoms with E-state index in [1.54, 1.807) is 12.1 Å². The van der Waals surface area contributed by atoms with E-state index in [0.29, 0.717) is 11.1 Å². The van der Waals surface area contributed by atoms with Gasteiger partial charge in [-0.25, -0.2) is 5.43 Å². The average molecular weight is 285 g/mol. The molecule has 0 atom stereocenters. The molecule has 0 aliphatic rings. The molecule has 1 N–H and O–H groups in total. The van der Waals surface area contributed by atoms with Gasteiger partial charge in [0.25, 0.3) is 11.6 Å². The van der Waals surface area contributed by atoms with Crippen LogP contribution in [-0.2, 0) is 0 Å². The van der Waals surface area contributed by atoms with Gasteiger partial charge >= 0.3 is 0 Å². The van der Waals surface area contributed by atoms with Crippen molar-refractivity contribution in [1.82, 2.24) is 10.4 Å². The van der Waals surface area contributed by atoms with Crippen molar-refractivity contribution in [2.75, 3.05) is 0 Å². The van der Waals surface area contributed by atoms with Gasteiger partial charge in [0.2, 0.25) is 0 Å². The van der Waals surface area contributed by atoms with E-state index < -0.39 is 22.3 Å². The number of carbonyl (C=O) groups excluding carboxylic acids is 1. The summed E-state index contributed by atoms with van der Waals surface area (Å²) in [6.07, 6.45) is 4.12. The highest BCUT2D eigenvalue weighted by molar-refractivity contribution is 5.94. The number of carbonyl (C=O) groups is 1. The maximum Gasteiger partial charge on any atom is 0.272 e. The minimum absolute atomic E-state index is 0.327. The van der Waals surface area contributed by atoms with Gasteiger partial charge < -0.3 is 5.11 Å². The smallest absolute Gasteiger partial charge is 0.272 e. The number of nitro benzene ring substituents is 1. The molecule has 0 saturated carbocycles. The highest BCUT2D eigenvalue weighted by Gasteiger charge is 2.07. The zero-order valence-electron chi connectivity index (χ0n) is 10.6. The molecule has 0 radical (unpaired) electrons. The second-order valence-corrected chi connectivity index (χ2v) is 3.93. The summed E-state index contributed by atoms with van der Waals surface area (Å²) in [5.74, 6) is -1.15. The van der Waals surface area contributed by atoms with Gasteiger partial charge in [0.1, 0.15) is 0 Å². The Bertz CT molecular complexity index is 701. The number of hydrogen-bond donors (Lipinski definition) is 1. The molecule has 0 spiro atoms. The molecule has 1 aromatic heterocycles. The molecule has 8 nitrogen and oxygen atoms in total. The second-order valence-electron chi connectivity index (χ2n) is 3.93. The van der Waals surface area contributed by atoms with Gasteiger partial charge in [0, 0.05) is 24.0 Å². The van der Waals surface area contributed by atoms with Crippen molar-refractivity contribution < 1.29 is 14.8 Å². The van der Waals surface area contributed by atoms with Crippen molar-refractivity contribution >= 4 is 17.8 Å². The number of aromatic nitrogens is 1. The number of nitrogens with zero attached hydrogens (tertiary/aromatic N) is 3. The Morgan fingerprint density at radius 3 is 2.86 bits per heavy atom. The summed E-state index contributed by atoms with van der Waals surface area (Å²) in [7, 11) is 0. The number of nitrogens with one attached hydrogen (secondary N) is 1. The number of hydrogen-bond acceptors (Lipinski definition) is 6. The van der Waals surface area contributed by atoms with Crippen molar-refractivity contribution in [1.29, 1.82) is 0 Å². The van der Waals surface area contributed by atoms with E-state index in [0.717, 1.165) is 12.1 Å². The Balaban J connectivity index is 2.07. The summed E-state index contributed by atoms with van der Waals surface area (Å²) < 4.78 is 0. The fourth-order valence-electron chi connectivity index (χ4n) is 1.48. The molecule has 2 rings (SSSR count). The van der Waals surface area contributed by atoms with E-state index in [9.17, 15) is 20.0 Å². The Morgan fingerprint density at radius 2 is 2.19 bits per heavy atom. The monoisotopic (exact) mass is 285 g/mol. The lowest BCUT2D eigenvalue weighted by Crippen LogP contribution is -2.17. The Morgan fingerprint density at radius 1 is 1.38 bits per heavy atom. The topological polar surface area (TPSA) is 121 Å². The largest absolute Gasteiger partial charge is 0.868 e. The van der Waals surface area contributed by atoms with Crippen molar-refractivity contribution in [3.8, 4) is 5.75 Å². The lowest BCUT2D eigenvalue weighted by atomic mass is 10.2. The van der Waals surface area contributed by atoms with Crippen LogP contribution in [0.5, 0.6) is 5.75 Å². The van der Waals surface area contributed by atoms with Crippen LogP contribution < -0.4 is 10.5 Å². The van der Waals surface area contributed by atoms with E-state index in [4.69, 9.17) is 0 Å². The van der Waals surface area contributed by atoms with Gasteiger partial charge in [-0.2, -0.15) is 5.10 Å². The van der Waals surface area contributed by atoms with Gasteiger partial charge in [-0.05, 0) is 17.9 Å². The normalized spacial score (nSPS) is 10.5. The molecule has 1 aromatic carbocycles. The summed E-state index contributed by atoms with van der Waals surface area (Å²) in [6.45, 7) is 0. The molecule has 1 amide bonds. The van der Waals surface area contributed by atoms with Crippen LogP contribution in [0.2, 0.25) is 0 Å². The summed E-state index contributed by atoms with van der Waals surface area (Å²) in [6, 6.07) is 6.70. The molecule has 0 unspecified atom stereocenters. The summed E-state index contributed by atoms with van der Waals surface area (Å²) in [5.41, 5.74) is 2.37. The molecule has 0 fully saturated rings. The number of hydrazone groups is 1. The van der Waals surface area contributed by atoms with Crippen LogP contribution in [0.3, 0.4) is 0 Å². The Labute approximate surface area is 118 Å². The highest BCUT2D eigenvalue weighted by Crippen LogP contribution is 2.22. The first-order valence-electron chi connectivity index (χ1n) is 5.77. The minimum atomic E-state index is -0.770. The number of nitro groups is 1. The number of rotatable bonds is 4. The van der Waals surface area contributed by atoms with Crippen molar-refractivity contribution in [2.24, 2.45) is 5.10 Å². The zero-order chi connectivity index (χ0) is 15.2. The summed E-state index contributed by atoms with van der Waals surface area (Å²) in [4.78, 5) is 25.3. The molecule has 106 valence electrons. The molecule has 1 heterocycles. The van der Waals surface area contributed by atoms with Crippen LogP contribution in [-0.4, -0.2) is 22.0 Å². The van der Waals surface area contributed by atoms with E-state index in [2.05, 4.69) is 15.5 Å². The number of pyridine rings is 1. The molecule has 2 aromatic rings. The molecule has 21 heavy (non-hydrogen) atoms. The standard InChI is InChI=1S/C13H10N4O4/c18-12-4-3-9(6-11(12)17(20)21)7-15-16-13(19)10-2-1-5-14-8-10/h1-8,18H,(H,16,19)/p-1/b15-7-. The Kier molecular flexibility index (Phi) is 4.20. The third-order valence-electron chi connectivity index (χ3n) is 2.48. The third-order valence-corrected chi connectivity index (χ3v) is 2.48. The second kappa shape index (κ2) is 6.24. The lowest BCUT2D eigenvalue weighted by molar-refractivity contribution is -0.398. The predicted octanol–water partition coefficient (Wildman–Crippen LogP) is 0.827. The molecule has 0 aliphatic heterocycles. The predicted molar refractivity (Wildman–Crippen MR) is 71.8 cm³/mol. The molecular weight excluding hydrogens is 276 g/mol. The third kappa shape index (κ3) is 3.60. The van der Waals surface area contributed by atoms with Crippen LogP contribution in [0.15, 0.2) is 47.8 Å². The van der Waals surface area contributed by atoms with Crippen LogP contribution >= 0.6 is 0 Å². The molecular formula is C13H9N4O4-. The van der Waals surface area contributed by atoms with Crippen LogP contribution in [0.1, 0.15) is 15.9 Å². The molecule has 8 heteroatoms. The SMILES string of the molecule is O=C(N/N=C\c1ccc([O-])c([N+](=O)[O-])c1)c1cccnc1. The van der Waals surface area contributed by atoms with Crippen molar-refractivity contribution in [3.63, 3.8) is 0 Å². The van der Waals surface area contributed by atoms with Crippen LogP contribution in [0, 0.1) is 10.1 Å². The first kappa shape index (κ1) is 14.1. The maximum atomic E-state index is 11.6. The van der Waals surface area contributed by atoms with Crippen LogP contribution in [0.25, 0.3) is 0 Å². The van der Waals surface area contributed by atoms with Gasteiger partial charge in [-0.15, -0.1) is 0 Å². The van der Waals surface area contributed by atoms with Gasteiger partial charge in [-0.1, -0.05) is 12.1 Å². The highest BCUT2D eigenvalue weighted by atomic mass is 16.6. The van der Waals surface area contributed by atoms with Gasteiger partial charge in [-0.3, -0.25) is 19.9 Å². The Hall–Kier alpha value is -3.29. The fraction of sp³-hybridized carbons (Fsp3) is 0. The van der Waals surface area contributed by atoms with Crippen LogP contribution in [0.4, 0.5) is 5.69 Å². The lowest BCUT2D eigenvalue weighted by Gasteiger charge is -2.05. The quantitative estimate of drug-likeness (QED) is 0.506. The average Bonchev–Trinajstić information content (AvgIpc) is 2.49. The molecule has 0 bridgehead atoms.